The van der Waals surface area contributed by atoms with Gasteiger partial charge in [-0.25, -0.2) is 8.91 Å². The summed E-state index contributed by atoms with van der Waals surface area (Å²) in [5.41, 5.74) is 3.76. The van der Waals surface area contributed by atoms with E-state index in [4.69, 9.17) is 0 Å². The molecular weight excluding hydrogens is 345 g/mol. The first-order valence-electron chi connectivity index (χ1n) is 9.16. The van der Waals surface area contributed by atoms with Crippen molar-refractivity contribution in [3.63, 3.8) is 0 Å². The highest BCUT2D eigenvalue weighted by atomic mass is 19.1. The Kier molecular flexibility index (Phi) is 3.56. The van der Waals surface area contributed by atoms with Crippen molar-refractivity contribution in [3.05, 3.63) is 58.4 Å². The molecule has 1 aromatic carbocycles. The Morgan fingerprint density at radius 1 is 1.07 bits per heavy atom. The van der Waals surface area contributed by atoms with Gasteiger partial charge >= 0.3 is 0 Å². The Hall–Kier alpha value is -3.09. The van der Waals surface area contributed by atoms with Crippen molar-refractivity contribution in [2.24, 2.45) is 0 Å². The van der Waals surface area contributed by atoms with Crippen LogP contribution >= 0.6 is 0 Å². The fourth-order valence-electron chi connectivity index (χ4n) is 4.09. The second kappa shape index (κ2) is 5.97. The Morgan fingerprint density at radius 2 is 1.81 bits per heavy atom. The minimum Gasteiger partial charge on any atom is -0.310 e. The van der Waals surface area contributed by atoms with E-state index >= 15 is 0 Å². The molecule has 3 aromatic heterocycles. The zero-order chi connectivity index (χ0) is 18.5. The molecule has 0 atom stereocenters. The molecule has 4 aromatic rings. The Labute approximate surface area is 154 Å². The van der Waals surface area contributed by atoms with Gasteiger partial charge in [-0.2, -0.15) is 5.10 Å². The van der Waals surface area contributed by atoms with Crippen LogP contribution in [0.5, 0.6) is 0 Å². The molecule has 27 heavy (non-hydrogen) atoms. The van der Waals surface area contributed by atoms with Gasteiger partial charge in [0, 0.05) is 12.2 Å². The molecule has 3 heterocycles. The van der Waals surface area contributed by atoms with Crippen molar-refractivity contribution in [1.82, 2.24) is 24.4 Å². The van der Waals surface area contributed by atoms with Crippen molar-refractivity contribution in [2.75, 3.05) is 0 Å². The van der Waals surface area contributed by atoms with E-state index < -0.39 is 0 Å². The van der Waals surface area contributed by atoms with Gasteiger partial charge in [0.15, 0.2) is 11.2 Å². The highest BCUT2D eigenvalue weighted by Crippen LogP contribution is 2.30. The molecule has 7 heteroatoms. The lowest BCUT2D eigenvalue weighted by atomic mass is 10.1. The van der Waals surface area contributed by atoms with E-state index in [1.807, 2.05) is 19.2 Å². The molecule has 0 amide bonds. The van der Waals surface area contributed by atoms with Crippen molar-refractivity contribution < 1.29 is 4.39 Å². The SMILES string of the molecule is Cc1nn2c(nnc3c(=O)n(C4CCCC4)ccc32)c1-c1ccc(F)cc1. The number of fused-ring (bicyclic) bond motifs is 3. The maximum absolute atomic E-state index is 13.3. The zero-order valence-electron chi connectivity index (χ0n) is 14.9. The first kappa shape index (κ1) is 16.1. The average molecular weight is 363 g/mol. The van der Waals surface area contributed by atoms with Crippen molar-refractivity contribution >= 4 is 16.7 Å². The van der Waals surface area contributed by atoms with E-state index in [1.165, 1.54) is 12.1 Å². The summed E-state index contributed by atoms with van der Waals surface area (Å²) >= 11 is 0. The number of rotatable bonds is 2. The molecule has 0 aliphatic heterocycles. The summed E-state index contributed by atoms with van der Waals surface area (Å²) in [5, 5.41) is 13.1. The van der Waals surface area contributed by atoms with Crippen molar-refractivity contribution in [3.8, 4) is 11.1 Å². The molecule has 1 fully saturated rings. The predicted molar refractivity (Wildman–Crippen MR) is 100 cm³/mol. The lowest BCUT2D eigenvalue weighted by Crippen LogP contribution is -2.24. The molecule has 0 radical (unpaired) electrons. The number of hydrogen-bond donors (Lipinski definition) is 0. The standard InChI is InChI=1S/C20H18FN5O/c1-12-17(13-6-8-14(21)9-7-13)19-23-22-18-16(26(19)24-12)10-11-25(20(18)27)15-4-2-3-5-15/h6-11,15H,2-5H2,1H3. The fraction of sp³-hybridized carbons (Fsp3) is 0.300. The van der Waals surface area contributed by atoms with Crippen LogP contribution in [0, 0.1) is 12.7 Å². The van der Waals surface area contributed by atoms with E-state index in [0.29, 0.717) is 16.7 Å². The molecule has 1 saturated carbocycles. The van der Waals surface area contributed by atoms with Crippen LogP contribution in [0.4, 0.5) is 4.39 Å². The lowest BCUT2D eigenvalue weighted by molar-refractivity contribution is 0.504. The van der Waals surface area contributed by atoms with Gasteiger partial charge in [0.25, 0.3) is 5.56 Å². The number of pyridine rings is 1. The van der Waals surface area contributed by atoms with Gasteiger partial charge < -0.3 is 4.57 Å². The minimum atomic E-state index is -0.295. The molecule has 1 aliphatic carbocycles. The maximum atomic E-state index is 13.3. The topological polar surface area (TPSA) is 65.1 Å². The third-order valence-electron chi connectivity index (χ3n) is 5.43. The number of halogens is 1. The Balaban J connectivity index is 1.74. The monoisotopic (exact) mass is 363 g/mol. The largest absolute Gasteiger partial charge is 0.310 e. The first-order valence-corrected chi connectivity index (χ1v) is 9.16. The molecule has 0 bridgehead atoms. The average Bonchev–Trinajstić information content (AvgIpc) is 3.30. The van der Waals surface area contributed by atoms with Crippen molar-refractivity contribution in [2.45, 2.75) is 38.6 Å². The molecule has 0 spiro atoms. The van der Waals surface area contributed by atoms with Gasteiger partial charge in [0.2, 0.25) is 0 Å². The van der Waals surface area contributed by atoms with E-state index in [9.17, 15) is 9.18 Å². The van der Waals surface area contributed by atoms with Crippen LogP contribution in [0.15, 0.2) is 41.3 Å². The molecule has 0 saturated heterocycles. The Bertz CT molecular complexity index is 1220. The molecule has 0 N–H and O–H groups in total. The highest BCUT2D eigenvalue weighted by molar-refractivity contribution is 5.84. The molecule has 0 unspecified atom stereocenters. The second-order valence-electron chi connectivity index (χ2n) is 7.10. The van der Waals surface area contributed by atoms with Gasteiger partial charge in [0.05, 0.1) is 11.3 Å². The van der Waals surface area contributed by atoms with E-state index in [2.05, 4.69) is 15.3 Å². The minimum absolute atomic E-state index is 0.120. The fourth-order valence-corrected chi connectivity index (χ4v) is 4.09. The number of aromatic nitrogens is 5. The summed E-state index contributed by atoms with van der Waals surface area (Å²) in [7, 11) is 0. The van der Waals surface area contributed by atoms with Gasteiger partial charge in [-0.1, -0.05) is 25.0 Å². The number of nitrogens with zero attached hydrogens (tertiary/aromatic N) is 5. The summed E-state index contributed by atoms with van der Waals surface area (Å²) in [6.45, 7) is 1.87. The Morgan fingerprint density at radius 3 is 2.56 bits per heavy atom. The number of hydrogen-bond acceptors (Lipinski definition) is 4. The molecule has 1 aliphatic rings. The normalized spacial score (nSPS) is 15.2. The van der Waals surface area contributed by atoms with Crippen LogP contribution in [-0.4, -0.2) is 24.4 Å². The van der Waals surface area contributed by atoms with E-state index in [1.54, 1.807) is 21.2 Å². The van der Waals surface area contributed by atoms with Crippen LogP contribution in [0.3, 0.4) is 0 Å². The number of aryl methyl sites for hydroxylation is 1. The summed E-state index contributed by atoms with van der Waals surface area (Å²) in [4.78, 5) is 12.9. The van der Waals surface area contributed by atoms with Gasteiger partial charge in [-0.05, 0) is 43.5 Å². The van der Waals surface area contributed by atoms with Crippen LogP contribution in [0.25, 0.3) is 27.8 Å². The summed E-state index contributed by atoms with van der Waals surface area (Å²) in [6.07, 6.45) is 6.20. The molecule has 136 valence electrons. The van der Waals surface area contributed by atoms with Gasteiger partial charge in [-0.3, -0.25) is 4.79 Å². The van der Waals surface area contributed by atoms with Crippen LogP contribution in [0.1, 0.15) is 37.4 Å². The van der Waals surface area contributed by atoms with Crippen molar-refractivity contribution in [1.29, 1.82) is 0 Å². The molecule has 6 nitrogen and oxygen atoms in total. The second-order valence-corrected chi connectivity index (χ2v) is 7.10. The molecule has 5 rings (SSSR count). The maximum Gasteiger partial charge on any atom is 0.280 e. The van der Waals surface area contributed by atoms with Gasteiger partial charge in [0.1, 0.15) is 11.3 Å². The third kappa shape index (κ3) is 2.45. The summed E-state index contributed by atoms with van der Waals surface area (Å²) in [5.74, 6) is -0.295. The quantitative estimate of drug-likeness (QED) is 0.545. The van der Waals surface area contributed by atoms with Crippen LogP contribution in [-0.2, 0) is 0 Å². The summed E-state index contributed by atoms with van der Waals surface area (Å²) < 4.78 is 16.7. The third-order valence-corrected chi connectivity index (χ3v) is 5.43. The first-order chi connectivity index (χ1) is 13.1. The summed E-state index contributed by atoms with van der Waals surface area (Å²) in [6, 6.07) is 8.35. The van der Waals surface area contributed by atoms with Gasteiger partial charge in [-0.15, -0.1) is 10.2 Å². The lowest BCUT2D eigenvalue weighted by Gasteiger charge is -2.13. The number of benzene rings is 1. The van der Waals surface area contributed by atoms with E-state index in [0.717, 1.165) is 42.5 Å². The molecular formula is C20H18FN5O. The zero-order valence-corrected chi connectivity index (χ0v) is 14.9. The van der Waals surface area contributed by atoms with E-state index in [-0.39, 0.29) is 17.4 Å². The van der Waals surface area contributed by atoms with Crippen LogP contribution in [0.2, 0.25) is 0 Å². The van der Waals surface area contributed by atoms with Crippen LogP contribution < -0.4 is 5.56 Å². The highest BCUT2D eigenvalue weighted by Gasteiger charge is 2.21. The smallest absolute Gasteiger partial charge is 0.280 e. The predicted octanol–water partition coefficient (Wildman–Crippen LogP) is 3.67.